The Morgan fingerprint density at radius 3 is 2.75 bits per heavy atom. The molecule has 1 aliphatic rings. The number of rotatable bonds is 3. The van der Waals surface area contributed by atoms with Gasteiger partial charge in [-0.1, -0.05) is 0 Å². The van der Waals surface area contributed by atoms with Crippen molar-refractivity contribution in [1.29, 1.82) is 0 Å². The van der Waals surface area contributed by atoms with E-state index in [2.05, 4.69) is 25.5 Å². The Bertz CT molecular complexity index is 336. The molecule has 1 aromatic rings. The van der Waals surface area contributed by atoms with E-state index in [-0.39, 0.29) is 5.91 Å². The number of carbonyl (C=O) groups excluding carboxylic acids is 1. The third-order valence-electron chi connectivity index (χ3n) is 2.39. The lowest BCUT2D eigenvalue weighted by atomic mass is 10.3. The van der Waals surface area contributed by atoms with Crippen LogP contribution in [0.25, 0.3) is 0 Å². The number of nitrogens with zero attached hydrogens (tertiary/aromatic N) is 3. The van der Waals surface area contributed by atoms with Gasteiger partial charge in [0.05, 0.1) is 6.54 Å². The van der Waals surface area contributed by atoms with E-state index >= 15 is 0 Å². The Labute approximate surface area is 94.1 Å². The summed E-state index contributed by atoms with van der Waals surface area (Å²) in [6.07, 6.45) is 3.21. The van der Waals surface area contributed by atoms with E-state index in [0.717, 1.165) is 26.2 Å². The maximum Gasteiger partial charge on any atom is 0.240 e. The van der Waals surface area contributed by atoms with Crippen LogP contribution in [-0.4, -0.2) is 53.5 Å². The van der Waals surface area contributed by atoms with E-state index < -0.39 is 0 Å². The molecule has 0 spiro atoms. The van der Waals surface area contributed by atoms with Crippen LogP contribution in [0, 0.1) is 0 Å². The van der Waals surface area contributed by atoms with Crippen LogP contribution >= 0.6 is 0 Å². The Hall–Kier alpha value is -1.53. The molecule has 0 aliphatic carbocycles. The maximum atomic E-state index is 11.6. The highest BCUT2D eigenvalue weighted by Crippen LogP contribution is 1.96. The van der Waals surface area contributed by atoms with Gasteiger partial charge in [-0.05, 0) is 6.07 Å². The lowest BCUT2D eigenvalue weighted by molar-refractivity contribution is -0.117. The molecule has 2 heterocycles. The summed E-state index contributed by atoms with van der Waals surface area (Å²) in [5.74, 6) is 0.302. The molecule has 0 unspecified atom stereocenters. The molecule has 1 amide bonds. The number of carbonyl (C=O) groups is 1. The zero-order valence-electron chi connectivity index (χ0n) is 9.02. The lowest BCUT2D eigenvalue weighted by Crippen LogP contribution is -2.46. The van der Waals surface area contributed by atoms with Crippen molar-refractivity contribution in [1.82, 2.24) is 20.2 Å². The van der Waals surface area contributed by atoms with Crippen LogP contribution in [0.15, 0.2) is 18.5 Å². The Morgan fingerprint density at radius 1 is 1.38 bits per heavy atom. The zero-order valence-corrected chi connectivity index (χ0v) is 9.02. The average Bonchev–Trinajstić information content (AvgIpc) is 2.31. The topological polar surface area (TPSA) is 70.2 Å². The van der Waals surface area contributed by atoms with Crippen LogP contribution in [0.2, 0.25) is 0 Å². The van der Waals surface area contributed by atoms with Crippen molar-refractivity contribution in [2.75, 3.05) is 38.0 Å². The molecule has 0 bridgehead atoms. The van der Waals surface area contributed by atoms with Gasteiger partial charge in [0.1, 0.15) is 0 Å². The van der Waals surface area contributed by atoms with Gasteiger partial charge in [-0.3, -0.25) is 15.0 Å². The van der Waals surface area contributed by atoms with Crippen molar-refractivity contribution >= 4 is 11.9 Å². The molecule has 1 fully saturated rings. The predicted octanol–water partition coefficient (Wildman–Crippen LogP) is -0.680. The molecule has 0 saturated carbocycles. The van der Waals surface area contributed by atoms with Gasteiger partial charge in [-0.2, -0.15) is 0 Å². The standard InChI is InChI=1S/C10H15N5O/c16-9(8-15-6-4-11-5-7-15)14-10-12-2-1-3-13-10/h1-3,11H,4-8H2,(H,12,13,14,16). The highest BCUT2D eigenvalue weighted by molar-refractivity contribution is 5.90. The van der Waals surface area contributed by atoms with E-state index in [1.807, 2.05) is 0 Å². The van der Waals surface area contributed by atoms with Crippen LogP contribution in [0.1, 0.15) is 0 Å². The molecule has 2 N–H and O–H groups in total. The number of hydrogen-bond donors (Lipinski definition) is 2. The van der Waals surface area contributed by atoms with Crippen molar-refractivity contribution < 1.29 is 4.79 Å². The van der Waals surface area contributed by atoms with Crippen molar-refractivity contribution in [3.05, 3.63) is 18.5 Å². The Morgan fingerprint density at radius 2 is 2.06 bits per heavy atom. The number of amides is 1. The fourth-order valence-electron chi connectivity index (χ4n) is 1.60. The first-order chi connectivity index (χ1) is 7.84. The van der Waals surface area contributed by atoms with E-state index in [1.54, 1.807) is 18.5 Å². The fourth-order valence-corrected chi connectivity index (χ4v) is 1.60. The van der Waals surface area contributed by atoms with Gasteiger partial charge in [-0.25, -0.2) is 9.97 Å². The van der Waals surface area contributed by atoms with Crippen molar-refractivity contribution in [3.63, 3.8) is 0 Å². The first-order valence-corrected chi connectivity index (χ1v) is 5.34. The normalized spacial score (nSPS) is 17.0. The van der Waals surface area contributed by atoms with Crippen molar-refractivity contribution in [3.8, 4) is 0 Å². The Balaban J connectivity index is 1.80. The minimum absolute atomic E-state index is 0.0619. The molecule has 1 aliphatic heterocycles. The quantitative estimate of drug-likeness (QED) is 0.707. The summed E-state index contributed by atoms with van der Waals surface area (Å²) in [5.41, 5.74) is 0. The minimum Gasteiger partial charge on any atom is -0.314 e. The van der Waals surface area contributed by atoms with E-state index in [1.165, 1.54) is 0 Å². The second-order valence-electron chi connectivity index (χ2n) is 3.65. The van der Waals surface area contributed by atoms with Gasteiger partial charge >= 0.3 is 0 Å². The summed E-state index contributed by atoms with van der Waals surface area (Å²) in [5, 5.41) is 5.91. The molecule has 0 atom stereocenters. The fraction of sp³-hybridized carbons (Fsp3) is 0.500. The molecule has 0 radical (unpaired) electrons. The van der Waals surface area contributed by atoms with E-state index in [0.29, 0.717) is 12.5 Å². The molecular formula is C10H15N5O. The molecule has 0 aromatic carbocycles. The zero-order chi connectivity index (χ0) is 11.2. The van der Waals surface area contributed by atoms with Gasteiger partial charge < -0.3 is 5.32 Å². The number of hydrogen-bond acceptors (Lipinski definition) is 5. The predicted molar refractivity (Wildman–Crippen MR) is 60.0 cm³/mol. The molecule has 1 saturated heterocycles. The van der Waals surface area contributed by atoms with Crippen molar-refractivity contribution in [2.24, 2.45) is 0 Å². The average molecular weight is 221 g/mol. The molecule has 2 rings (SSSR count). The largest absolute Gasteiger partial charge is 0.314 e. The smallest absolute Gasteiger partial charge is 0.240 e. The lowest BCUT2D eigenvalue weighted by Gasteiger charge is -2.26. The Kier molecular flexibility index (Phi) is 3.79. The third-order valence-corrected chi connectivity index (χ3v) is 2.39. The summed E-state index contributed by atoms with van der Waals surface area (Å²) in [7, 11) is 0. The van der Waals surface area contributed by atoms with Crippen LogP contribution < -0.4 is 10.6 Å². The van der Waals surface area contributed by atoms with Crippen LogP contribution in [0.4, 0.5) is 5.95 Å². The number of aromatic nitrogens is 2. The number of anilines is 1. The van der Waals surface area contributed by atoms with Gasteiger partial charge in [0, 0.05) is 38.6 Å². The van der Waals surface area contributed by atoms with Gasteiger partial charge in [-0.15, -0.1) is 0 Å². The molecule has 86 valence electrons. The highest BCUT2D eigenvalue weighted by Gasteiger charge is 2.13. The summed E-state index contributed by atoms with van der Waals surface area (Å²) < 4.78 is 0. The summed E-state index contributed by atoms with van der Waals surface area (Å²) in [6.45, 7) is 4.09. The van der Waals surface area contributed by atoms with Crippen molar-refractivity contribution in [2.45, 2.75) is 0 Å². The number of piperazine rings is 1. The molecule has 16 heavy (non-hydrogen) atoms. The van der Waals surface area contributed by atoms with E-state index in [9.17, 15) is 4.79 Å². The van der Waals surface area contributed by atoms with Crippen LogP contribution in [0.3, 0.4) is 0 Å². The monoisotopic (exact) mass is 221 g/mol. The van der Waals surface area contributed by atoms with Crippen LogP contribution in [-0.2, 0) is 4.79 Å². The second-order valence-corrected chi connectivity index (χ2v) is 3.65. The first-order valence-electron chi connectivity index (χ1n) is 5.34. The van der Waals surface area contributed by atoms with Gasteiger partial charge in [0.15, 0.2) is 0 Å². The molecule has 6 nitrogen and oxygen atoms in total. The molecule has 1 aromatic heterocycles. The number of nitrogens with one attached hydrogen (secondary N) is 2. The summed E-state index contributed by atoms with van der Waals surface area (Å²) in [6, 6.07) is 1.71. The minimum atomic E-state index is -0.0619. The first kappa shape index (κ1) is 11.0. The van der Waals surface area contributed by atoms with Gasteiger partial charge in [0.25, 0.3) is 0 Å². The third kappa shape index (κ3) is 3.25. The highest BCUT2D eigenvalue weighted by atomic mass is 16.2. The van der Waals surface area contributed by atoms with Crippen LogP contribution in [0.5, 0.6) is 0 Å². The summed E-state index contributed by atoms with van der Waals surface area (Å²) >= 11 is 0. The molecule has 6 heteroatoms. The summed E-state index contributed by atoms with van der Waals surface area (Å²) in [4.78, 5) is 21.6. The SMILES string of the molecule is O=C(CN1CCNCC1)Nc1ncccn1. The van der Waals surface area contributed by atoms with E-state index in [4.69, 9.17) is 0 Å². The van der Waals surface area contributed by atoms with Gasteiger partial charge in [0.2, 0.25) is 11.9 Å². The molecular weight excluding hydrogens is 206 g/mol. The maximum absolute atomic E-state index is 11.6. The second kappa shape index (κ2) is 5.53.